The summed E-state index contributed by atoms with van der Waals surface area (Å²) in [5.74, 6) is 0. The second-order valence-corrected chi connectivity index (χ2v) is 5.49. The van der Waals surface area contributed by atoms with Gasteiger partial charge in [0.25, 0.3) is 0 Å². The highest BCUT2D eigenvalue weighted by Gasteiger charge is 2.20. The molecule has 3 nitrogen and oxygen atoms in total. The van der Waals surface area contributed by atoms with Gasteiger partial charge in [0.1, 0.15) is 0 Å². The molecule has 1 saturated heterocycles. The van der Waals surface area contributed by atoms with Crippen molar-refractivity contribution in [3.05, 3.63) is 0 Å². The molecule has 2 fully saturated rings. The molecule has 3 heteroatoms. The molecule has 1 N–H and O–H groups in total. The van der Waals surface area contributed by atoms with Crippen LogP contribution in [0.5, 0.6) is 0 Å². The fourth-order valence-corrected chi connectivity index (χ4v) is 2.46. The molecule has 0 radical (unpaired) electrons. The number of unbranched alkanes of at least 4 members (excludes halogenated alkanes) is 2. The molecule has 0 aromatic rings. The Morgan fingerprint density at radius 3 is 2.88 bits per heavy atom. The van der Waals surface area contributed by atoms with Crippen LogP contribution in [0.4, 0.5) is 0 Å². The van der Waals surface area contributed by atoms with Crippen LogP contribution in [0.15, 0.2) is 0 Å². The molecule has 0 spiro atoms. The number of morpholine rings is 1. The van der Waals surface area contributed by atoms with E-state index in [-0.39, 0.29) is 0 Å². The lowest BCUT2D eigenvalue weighted by molar-refractivity contribution is -0.0299. The van der Waals surface area contributed by atoms with Crippen molar-refractivity contribution in [3.63, 3.8) is 0 Å². The number of ether oxygens (including phenoxy) is 1. The van der Waals surface area contributed by atoms with Gasteiger partial charge in [-0.3, -0.25) is 4.90 Å². The number of hydrogen-bond donors (Lipinski definition) is 1. The normalized spacial score (nSPS) is 26.3. The van der Waals surface area contributed by atoms with Crippen molar-refractivity contribution >= 4 is 0 Å². The Balaban J connectivity index is 1.43. The summed E-state index contributed by atoms with van der Waals surface area (Å²) in [5.41, 5.74) is 0. The molecule has 1 unspecified atom stereocenters. The third-order valence-electron chi connectivity index (χ3n) is 3.84. The van der Waals surface area contributed by atoms with E-state index in [4.69, 9.17) is 4.74 Å². The highest BCUT2D eigenvalue weighted by Crippen LogP contribution is 2.18. The van der Waals surface area contributed by atoms with E-state index in [1.165, 1.54) is 45.2 Å². The van der Waals surface area contributed by atoms with E-state index in [0.717, 1.165) is 32.2 Å². The first kappa shape index (κ1) is 13.3. The van der Waals surface area contributed by atoms with Crippen molar-refractivity contribution < 1.29 is 4.74 Å². The zero-order chi connectivity index (χ0) is 11.9. The summed E-state index contributed by atoms with van der Waals surface area (Å²) in [4.78, 5) is 2.58. The number of rotatable bonds is 8. The predicted octanol–water partition coefficient (Wildman–Crippen LogP) is 2.02. The van der Waals surface area contributed by atoms with E-state index in [9.17, 15) is 0 Å². The second-order valence-electron chi connectivity index (χ2n) is 5.49. The smallest absolute Gasteiger partial charge is 0.0700 e. The Kier molecular flexibility index (Phi) is 5.75. The van der Waals surface area contributed by atoms with Gasteiger partial charge >= 0.3 is 0 Å². The first-order valence-corrected chi connectivity index (χ1v) is 7.46. The van der Waals surface area contributed by atoms with Gasteiger partial charge < -0.3 is 10.1 Å². The maximum atomic E-state index is 5.68. The first-order valence-electron chi connectivity index (χ1n) is 7.46. The van der Waals surface area contributed by atoms with Crippen LogP contribution in [-0.4, -0.2) is 49.8 Å². The van der Waals surface area contributed by atoms with Crippen LogP contribution in [0.1, 0.15) is 45.4 Å². The van der Waals surface area contributed by atoms with Crippen LogP contribution in [-0.2, 0) is 4.74 Å². The quantitative estimate of drug-likeness (QED) is 0.657. The molecule has 1 saturated carbocycles. The Labute approximate surface area is 106 Å². The van der Waals surface area contributed by atoms with E-state index < -0.39 is 0 Å². The Bertz CT molecular complexity index is 206. The monoisotopic (exact) mass is 240 g/mol. The molecule has 1 heterocycles. The van der Waals surface area contributed by atoms with Crippen LogP contribution in [0.3, 0.4) is 0 Å². The van der Waals surface area contributed by atoms with Gasteiger partial charge in [-0.15, -0.1) is 0 Å². The van der Waals surface area contributed by atoms with Crippen molar-refractivity contribution in [2.45, 2.75) is 57.6 Å². The highest BCUT2D eigenvalue weighted by molar-refractivity contribution is 4.80. The third kappa shape index (κ3) is 5.36. The summed E-state index contributed by atoms with van der Waals surface area (Å²) in [6, 6.07) is 0.875. The standard InChI is InChI=1S/C14H28N2O/c1-2-14-12-16(10-11-17-14)9-5-3-4-8-15-13-6-7-13/h13-15H,2-12H2,1H3. The lowest BCUT2D eigenvalue weighted by Crippen LogP contribution is -2.42. The van der Waals surface area contributed by atoms with Gasteiger partial charge in [0, 0.05) is 19.1 Å². The van der Waals surface area contributed by atoms with Gasteiger partial charge in [0.15, 0.2) is 0 Å². The Morgan fingerprint density at radius 1 is 1.24 bits per heavy atom. The van der Waals surface area contributed by atoms with Crippen LogP contribution in [0.25, 0.3) is 0 Å². The maximum absolute atomic E-state index is 5.68. The van der Waals surface area contributed by atoms with Crippen molar-refractivity contribution in [3.8, 4) is 0 Å². The third-order valence-corrected chi connectivity index (χ3v) is 3.84. The van der Waals surface area contributed by atoms with Crippen LogP contribution < -0.4 is 5.32 Å². The molecule has 0 amide bonds. The average Bonchev–Trinajstić information content (AvgIpc) is 3.18. The molecule has 0 aromatic heterocycles. The molecular weight excluding hydrogens is 212 g/mol. The largest absolute Gasteiger partial charge is 0.376 e. The summed E-state index contributed by atoms with van der Waals surface area (Å²) < 4.78 is 5.68. The first-order chi connectivity index (χ1) is 8.38. The summed E-state index contributed by atoms with van der Waals surface area (Å²) in [6.45, 7) is 7.93. The van der Waals surface area contributed by atoms with E-state index in [1.807, 2.05) is 0 Å². The van der Waals surface area contributed by atoms with Gasteiger partial charge in [0.05, 0.1) is 12.7 Å². The van der Waals surface area contributed by atoms with Gasteiger partial charge in [-0.25, -0.2) is 0 Å². The van der Waals surface area contributed by atoms with E-state index >= 15 is 0 Å². The van der Waals surface area contributed by atoms with Crippen LogP contribution in [0.2, 0.25) is 0 Å². The van der Waals surface area contributed by atoms with Gasteiger partial charge in [-0.2, -0.15) is 0 Å². The maximum Gasteiger partial charge on any atom is 0.0700 e. The van der Waals surface area contributed by atoms with E-state index in [1.54, 1.807) is 0 Å². The number of nitrogens with zero attached hydrogens (tertiary/aromatic N) is 1. The molecule has 1 aliphatic heterocycles. The van der Waals surface area contributed by atoms with Crippen molar-refractivity contribution in [2.24, 2.45) is 0 Å². The zero-order valence-electron chi connectivity index (χ0n) is 11.3. The van der Waals surface area contributed by atoms with Crippen LogP contribution in [0, 0.1) is 0 Å². The lowest BCUT2D eigenvalue weighted by atomic mass is 10.2. The van der Waals surface area contributed by atoms with Gasteiger partial charge in [-0.05, 0) is 45.2 Å². The lowest BCUT2D eigenvalue weighted by Gasteiger charge is -2.32. The van der Waals surface area contributed by atoms with Gasteiger partial charge in [0.2, 0.25) is 0 Å². The topological polar surface area (TPSA) is 24.5 Å². The summed E-state index contributed by atoms with van der Waals surface area (Å²) in [7, 11) is 0. The Morgan fingerprint density at radius 2 is 2.12 bits per heavy atom. The molecule has 2 rings (SSSR count). The average molecular weight is 240 g/mol. The minimum absolute atomic E-state index is 0.486. The number of nitrogens with one attached hydrogen (secondary N) is 1. The SMILES string of the molecule is CCC1CN(CCCCCNC2CC2)CCO1. The minimum atomic E-state index is 0.486. The fourth-order valence-electron chi connectivity index (χ4n) is 2.46. The molecule has 0 aromatic carbocycles. The van der Waals surface area contributed by atoms with Crippen molar-refractivity contribution in [1.29, 1.82) is 0 Å². The van der Waals surface area contributed by atoms with E-state index in [2.05, 4.69) is 17.1 Å². The molecule has 2 aliphatic rings. The number of hydrogen-bond acceptors (Lipinski definition) is 3. The van der Waals surface area contributed by atoms with Crippen LogP contribution >= 0.6 is 0 Å². The molecule has 0 bridgehead atoms. The zero-order valence-corrected chi connectivity index (χ0v) is 11.3. The van der Waals surface area contributed by atoms with E-state index in [0.29, 0.717) is 6.10 Å². The fraction of sp³-hybridized carbons (Fsp3) is 1.00. The summed E-state index contributed by atoms with van der Waals surface area (Å²) in [5, 5.41) is 3.58. The second kappa shape index (κ2) is 7.34. The minimum Gasteiger partial charge on any atom is -0.376 e. The predicted molar refractivity (Wildman–Crippen MR) is 71.3 cm³/mol. The van der Waals surface area contributed by atoms with Crippen molar-refractivity contribution in [1.82, 2.24) is 10.2 Å². The molecule has 17 heavy (non-hydrogen) atoms. The summed E-state index contributed by atoms with van der Waals surface area (Å²) >= 11 is 0. The Hall–Kier alpha value is -0.120. The molecular formula is C14H28N2O. The van der Waals surface area contributed by atoms with Gasteiger partial charge in [-0.1, -0.05) is 13.3 Å². The van der Waals surface area contributed by atoms with Crippen molar-refractivity contribution in [2.75, 3.05) is 32.8 Å². The molecule has 100 valence electrons. The molecule has 1 atom stereocenters. The highest BCUT2D eigenvalue weighted by atomic mass is 16.5. The molecule has 1 aliphatic carbocycles. The summed E-state index contributed by atoms with van der Waals surface area (Å²) in [6.07, 6.45) is 8.52.